The van der Waals surface area contributed by atoms with Gasteiger partial charge in [0.25, 0.3) is 5.91 Å². The Labute approximate surface area is 138 Å². The Bertz CT molecular complexity index is 974. The maximum atomic E-state index is 12.4. The van der Waals surface area contributed by atoms with Crippen LogP contribution in [0.2, 0.25) is 0 Å². The summed E-state index contributed by atoms with van der Waals surface area (Å²) in [7, 11) is 0. The van der Waals surface area contributed by atoms with E-state index in [0.717, 1.165) is 16.4 Å². The van der Waals surface area contributed by atoms with Crippen molar-refractivity contribution in [1.29, 1.82) is 0 Å². The number of aliphatic carboxylic acids is 1. The molecule has 3 aromatic rings. The number of fused-ring (bicyclic) bond motifs is 3. The number of hydrogen-bond acceptors (Lipinski definition) is 3. The minimum atomic E-state index is -0.844. The van der Waals surface area contributed by atoms with E-state index < -0.39 is 11.4 Å². The maximum absolute atomic E-state index is 12.4. The average molecular weight is 323 g/mol. The fourth-order valence-corrected chi connectivity index (χ4v) is 3.31. The smallest absolute Gasteiger partial charge is 0.311 e. The molecule has 1 aromatic heterocycles. The van der Waals surface area contributed by atoms with E-state index in [4.69, 9.17) is 4.42 Å². The molecule has 0 unspecified atom stereocenters. The van der Waals surface area contributed by atoms with Gasteiger partial charge in [0.15, 0.2) is 0 Å². The third-order valence-corrected chi connectivity index (χ3v) is 5.08. The van der Waals surface area contributed by atoms with Crippen LogP contribution in [0.3, 0.4) is 0 Å². The maximum Gasteiger partial charge on any atom is 0.311 e. The van der Waals surface area contributed by atoms with Gasteiger partial charge in [-0.05, 0) is 36.6 Å². The summed E-state index contributed by atoms with van der Waals surface area (Å²) in [6.45, 7) is 2.04. The van der Waals surface area contributed by atoms with Crippen molar-refractivity contribution in [3.05, 3.63) is 48.0 Å². The molecule has 122 valence electrons. The number of benzene rings is 2. The molecule has 1 heterocycles. The Kier molecular flexibility index (Phi) is 3.13. The summed E-state index contributed by atoms with van der Waals surface area (Å²) < 4.78 is 5.78. The van der Waals surface area contributed by atoms with Crippen LogP contribution >= 0.6 is 0 Å². The molecular weight excluding hydrogens is 306 g/mol. The molecular formula is C19H17NO4. The first-order valence-corrected chi connectivity index (χ1v) is 7.94. The molecule has 5 heteroatoms. The van der Waals surface area contributed by atoms with Crippen molar-refractivity contribution >= 4 is 33.8 Å². The Hall–Kier alpha value is -2.82. The second kappa shape index (κ2) is 5.09. The summed E-state index contributed by atoms with van der Waals surface area (Å²) in [5.74, 6) is -1.03. The first-order valence-electron chi connectivity index (χ1n) is 7.94. The summed E-state index contributed by atoms with van der Waals surface area (Å²) in [4.78, 5) is 23.7. The molecule has 1 saturated carbocycles. The highest BCUT2D eigenvalue weighted by atomic mass is 16.4. The van der Waals surface area contributed by atoms with Crippen LogP contribution in [0.4, 0.5) is 0 Å². The van der Waals surface area contributed by atoms with Crippen LogP contribution in [0.1, 0.15) is 23.7 Å². The van der Waals surface area contributed by atoms with Crippen LogP contribution < -0.4 is 5.32 Å². The Morgan fingerprint density at radius 2 is 1.92 bits per heavy atom. The zero-order chi connectivity index (χ0) is 16.9. The number of amides is 1. The molecule has 1 aliphatic carbocycles. The second-order valence-electron chi connectivity index (χ2n) is 6.56. The normalized spacial score (nSPS) is 22.6. The topological polar surface area (TPSA) is 79.5 Å². The summed E-state index contributed by atoms with van der Waals surface area (Å²) >= 11 is 0. The average Bonchev–Trinajstić information content (AvgIpc) is 3.10. The quantitative estimate of drug-likeness (QED) is 0.771. The van der Waals surface area contributed by atoms with Crippen molar-refractivity contribution in [2.75, 3.05) is 6.54 Å². The lowest BCUT2D eigenvalue weighted by molar-refractivity contribution is -0.143. The van der Waals surface area contributed by atoms with Gasteiger partial charge in [-0.15, -0.1) is 0 Å². The molecule has 1 fully saturated rings. The Morgan fingerprint density at radius 1 is 1.21 bits per heavy atom. The summed E-state index contributed by atoms with van der Waals surface area (Å²) in [6, 6.07) is 13.0. The molecule has 0 radical (unpaired) electrons. The molecule has 0 bridgehead atoms. The van der Waals surface area contributed by atoms with Gasteiger partial charge in [0.2, 0.25) is 0 Å². The first-order chi connectivity index (χ1) is 11.5. The van der Waals surface area contributed by atoms with Crippen LogP contribution in [-0.2, 0) is 4.79 Å². The molecule has 2 N–H and O–H groups in total. The Balaban J connectivity index is 1.58. The van der Waals surface area contributed by atoms with Crippen molar-refractivity contribution < 1.29 is 19.1 Å². The van der Waals surface area contributed by atoms with Gasteiger partial charge < -0.3 is 14.8 Å². The fourth-order valence-electron chi connectivity index (χ4n) is 3.31. The third kappa shape index (κ3) is 2.16. The van der Waals surface area contributed by atoms with Gasteiger partial charge in [-0.1, -0.05) is 25.1 Å². The van der Waals surface area contributed by atoms with Gasteiger partial charge in [0.05, 0.1) is 5.41 Å². The van der Waals surface area contributed by atoms with Crippen LogP contribution in [0, 0.1) is 11.3 Å². The minimum Gasteiger partial charge on any atom is -0.481 e. The predicted molar refractivity (Wildman–Crippen MR) is 89.9 cm³/mol. The SMILES string of the molecule is C[C@@H]1C[C@@]1(CNC(=O)c1ccc2c(c1)oc1ccccc12)C(=O)O. The van der Waals surface area contributed by atoms with Crippen molar-refractivity contribution in [2.24, 2.45) is 11.3 Å². The molecule has 1 aliphatic rings. The Morgan fingerprint density at radius 3 is 2.62 bits per heavy atom. The molecule has 2 atom stereocenters. The van der Waals surface area contributed by atoms with E-state index in [1.807, 2.05) is 37.3 Å². The number of carbonyl (C=O) groups is 2. The number of rotatable bonds is 4. The van der Waals surface area contributed by atoms with Gasteiger partial charge in [0.1, 0.15) is 11.2 Å². The van der Waals surface area contributed by atoms with Gasteiger partial charge in [-0.3, -0.25) is 9.59 Å². The zero-order valence-corrected chi connectivity index (χ0v) is 13.2. The van der Waals surface area contributed by atoms with Crippen LogP contribution in [0.15, 0.2) is 46.9 Å². The number of carboxylic acids is 1. The molecule has 0 saturated heterocycles. The van der Waals surface area contributed by atoms with E-state index in [1.165, 1.54) is 0 Å². The third-order valence-electron chi connectivity index (χ3n) is 5.08. The van der Waals surface area contributed by atoms with Crippen LogP contribution in [0.5, 0.6) is 0 Å². The van der Waals surface area contributed by atoms with Crippen molar-refractivity contribution in [3.8, 4) is 0 Å². The fraction of sp³-hybridized carbons (Fsp3) is 0.263. The lowest BCUT2D eigenvalue weighted by Crippen LogP contribution is -2.35. The predicted octanol–water partition coefficient (Wildman–Crippen LogP) is 3.43. The van der Waals surface area contributed by atoms with Crippen molar-refractivity contribution in [1.82, 2.24) is 5.32 Å². The number of carbonyl (C=O) groups excluding carboxylic acids is 1. The standard InChI is InChI=1S/C19H17NO4/c1-11-9-19(11,18(22)23)10-20-17(21)12-6-7-14-13-4-2-3-5-15(13)24-16(14)8-12/h2-8,11H,9-10H2,1H3,(H,20,21)(H,22,23)/t11-,19+/m1/s1. The molecule has 0 aliphatic heterocycles. The molecule has 2 aromatic carbocycles. The van der Waals surface area contributed by atoms with Gasteiger partial charge in [0, 0.05) is 22.9 Å². The lowest BCUT2D eigenvalue weighted by Gasteiger charge is -2.12. The molecule has 4 rings (SSSR count). The van der Waals surface area contributed by atoms with Gasteiger partial charge in [-0.25, -0.2) is 0 Å². The number of furan rings is 1. The molecule has 24 heavy (non-hydrogen) atoms. The number of nitrogens with one attached hydrogen (secondary N) is 1. The number of carboxylic acid groups (broad SMARTS) is 1. The van der Waals surface area contributed by atoms with Crippen LogP contribution in [0.25, 0.3) is 21.9 Å². The molecule has 5 nitrogen and oxygen atoms in total. The van der Waals surface area contributed by atoms with E-state index in [-0.39, 0.29) is 18.4 Å². The monoisotopic (exact) mass is 323 g/mol. The van der Waals surface area contributed by atoms with Crippen molar-refractivity contribution in [2.45, 2.75) is 13.3 Å². The summed E-state index contributed by atoms with van der Waals surface area (Å²) in [6.07, 6.45) is 0.602. The van der Waals surface area contributed by atoms with E-state index >= 15 is 0 Å². The first kappa shape index (κ1) is 14.8. The lowest BCUT2D eigenvalue weighted by atomic mass is 10.0. The van der Waals surface area contributed by atoms with Gasteiger partial charge >= 0.3 is 5.97 Å². The van der Waals surface area contributed by atoms with E-state index in [2.05, 4.69) is 5.32 Å². The highest BCUT2D eigenvalue weighted by Crippen LogP contribution is 2.51. The second-order valence-corrected chi connectivity index (χ2v) is 6.56. The molecule has 0 spiro atoms. The summed E-state index contributed by atoms with van der Waals surface area (Å²) in [5.41, 5.74) is 1.09. The van der Waals surface area contributed by atoms with E-state index in [1.54, 1.807) is 12.1 Å². The summed E-state index contributed by atoms with van der Waals surface area (Å²) in [5, 5.41) is 14.0. The largest absolute Gasteiger partial charge is 0.481 e. The highest BCUT2D eigenvalue weighted by molar-refractivity contribution is 6.07. The number of para-hydroxylation sites is 1. The number of hydrogen-bond donors (Lipinski definition) is 2. The van der Waals surface area contributed by atoms with Gasteiger partial charge in [-0.2, -0.15) is 0 Å². The van der Waals surface area contributed by atoms with E-state index in [9.17, 15) is 14.7 Å². The van der Waals surface area contributed by atoms with Crippen LogP contribution in [-0.4, -0.2) is 23.5 Å². The minimum absolute atomic E-state index is 0.0909. The zero-order valence-electron chi connectivity index (χ0n) is 13.2. The van der Waals surface area contributed by atoms with Crippen molar-refractivity contribution in [3.63, 3.8) is 0 Å². The molecule has 1 amide bonds. The van der Waals surface area contributed by atoms with E-state index in [0.29, 0.717) is 17.6 Å². The highest BCUT2D eigenvalue weighted by Gasteiger charge is 2.57.